The molecular weight excluding hydrogens is 351 g/mol. The van der Waals surface area contributed by atoms with Crippen LogP contribution in [-0.4, -0.2) is 23.4 Å². The third-order valence-corrected chi connectivity index (χ3v) is 3.34. The summed E-state index contributed by atoms with van der Waals surface area (Å²) in [4.78, 5) is 26.7. The fourth-order valence-electron chi connectivity index (χ4n) is 2.01. The summed E-state index contributed by atoms with van der Waals surface area (Å²) in [5.74, 6) is -0.860. The zero-order chi connectivity index (χ0) is 19.2. The molecule has 2 amide bonds. The van der Waals surface area contributed by atoms with E-state index in [0.717, 1.165) is 24.2 Å². The highest BCUT2D eigenvalue weighted by atomic mass is 19.4. The Bertz CT molecular complexity index is 777. The summed E-state index contributed by atoms with van der Waals surface area (Å²) in [6.07, 6.45) is -3.08. The number of halogens is 3. The molecule has 0 fully saturated rings. The minimum Gasteiger partial charge on any atom is -0.483 e. The van der Waals surface area contributed by atoms with Crippen molar-refractivity contribution in [1.29, 1.82) is 0 Å². The lowest BCUT2D eigenvalue weighted by molar-refractivity contribution is -0.141. The molecular formula is C17H16F3N3O3. The number of benzene rings is 1. The molecule has 0 aliphatic rings. The zero-order valence-electron chi connectivity index (χ0n) is 13.8. The second kappa shape index (κ2) is 8.32. The first-order valence-electron chi connectivity index (χ1n) is 7.64. The summed E-state index contributed by atoms with van der Waals surface area (Å²) in [5, 5.41) is 0. The van der Waals surface area contributed by atoms with Gasteiger partial charge in [0.1, 0.15) is 11.4 Å². The Balaban J connectivity index is 1.84. The lowest BCUT2D eigenvalue weighted by Gasteiger charge is -2.11. The van der Waals surface area contributed by atoms with Gasteiger partial charge in [0.25, 0.3) is 11.8 Å². The Morgan fingerprint density at radius 3 is 2.46 bits per heavy atom. The minimum absolute atomic E-state index is 0.129. The van der Waals surface area contributed by atoms with E-state index in [1.54, 1.807) is 12.1 Å². The smallest absolute Gasteiger partial charge is 0.433 e. The molecule has 0 atom stereocenters. The number of hydrogen-bond acceptors (Lipinski definition) is 4. The van der Waals surface area contributed by atoms with Gasteiger partial charge in [-0.25, -0.2) is 0 Å². The first-order chi connectivity index (χ1) is 12.3. The van der Waals surface area contributed by atoms with Crippen molar-refractivity contribution < 1.29 is 27.5 Å². The fraction of sp³-hybridized carbons (Fsp3) is 0.235. The standard InChI is InChI=1S/C17H16F3N3O3/c1-2-11-5-3-4-6-13(11)26-10-15(24)22-23-16(25)12-7-8-14(21-9-12)17(18,19)20/h3-9H,2,10H2,1H3,(H,22,24)(H,23,25). The van der Waals surface area contributed by atoms with Crippen LogP contribution in [0.1, 0.15) is 28.5 Å². The maximum atomic E-state index is 12.4. The first-order valence-corrected chi connectivity index (χ1v) is 7.64. The van der Waals surface area contributed by atoms with Crippen LogP contribution in [0.2, 0.25) is 0 Å². The maximum absolute atomic E-state index is 12.4. The number of ether oxygens (including phenoxy) is 1. The Kier molecular flexibility index (Phi) is 6.16. The van der Waals surface area contributed by atoms with E-state index in [-0.39, 0.29) is 12.2 Å². The van der Waals surface area contributed by atoms with Gasteiger partial charge < -0.3 is 4.74 Å². The maximum Gasteiger partial charge on any atom is 0.433 e. The highest BCUT2D eigenvalue weighted by Crippen LogP contribution is 2.27. The monoisotopic (exact) mass is 367 g/mol. The van der Waals surface area contributed by atoms with Crippen LogP contribution in [0.25, 0.3) is 0 Å². The number of carbonyl (C=O) groups is 2. The minimum atomic E-state index is -4.59. The highest BCUT2D eigenvalue weighted by molar-refractivity contribution is 5.95. The number of hydrazine groups is 1. The van der Waals surface area contributed by atoms with Gasteiger partial charge in [0, 0.05) is 6.20 Å². The number of rotatable bonds is 5. The quantitative estimate of drug-likeness (QED) is 0.796. The van der Waals surface area contributed by atoms with Crippen LogP contribution in [0, 0.1) is 0 Å². The van der Waals surface area contributed by atoms with E-state index in [2.05, 4.69) is 15.8 Å². The van der Waals surface area contributed by atoms with Gasteiger partial charge in [0.2, 0.25) is 0 Å². The molecule has 0 saturated carbocycles. The third-order valence-electron chi connectivity index (χ3n) is 3.34. The summed E-state index contributed by atoms with van der Waals surface area (Å²) in [6.45, 7) is 1.61. The molecule has 1 aromatic heterocycles. The van der Waals surface area contributed by atoms with Crippen LogP contribution >= 0.6 is 0 Å². The van der Waals surface area contributed by atoms with Crippen molar-refractivity contribution >= 4 is 11.8 Å². The number of aromatic nitrogens is 1. The summed E-state index contributed by atoms with van der Waals surface area (Å²) < 4.78 is 42.6. The lowest BCUT2D eigenvalue weighted by atomic mass is 10.1. The molecule has 0 radical (unpaired) electrons. The molecule has 26 heavy (non-hydrogen) atoms. The first kappa shape index (κ1) is 19.2. The van der Waals surface area contributed by atoms with Gasteiger partial charge in [0.15, 0.2) is 6.61 Å². The normalized spacial score (nSPS) is 10.9. The number of nitrogens with zero attached hydrogens (tertiary/aromatic N) is 1. The van der Waals surface area contributed by atoms with Crippen LogP contribution in [0.3, 0.4) is 0 Å². The van der Waals surface area contributed by atoms with E-state index < -0.39 is 23.7 Å². The van der Waals surface area contributed by atoms with E-state index in [0.29, 0.717) is 11.8 Å². The van der Waals surface area contributed by atoms with Crippen molar-refractivity contribution in [3.8, 4) is 5.75 Å². The Hall–Kier alpha value is -3.10. The largest absolute Gasteiger partial charge is 0.483 e. The van der Waals surface area contributed by atoms with Crippen molar-refractivity contribution in [2.75, 3.05) is 6.61 Å². The highest BCUT2D eigenvalue weighted by Gasteiger charge is 2.32. The van der Waals surface area contributed by atoms with Crippen LogP contribution in [0.5, 0.6) is 5.75 Å². The molecule has 1 heterocycles. The molecule has 138 valence electrons. The van der Waals surface area contributed by atoms with Crippen LogP contribution in [0.4, 0.5) is 13.2 Å². The van der Waals surface area contributed by atoms with E-state index in [4.69, 9.17) is 4.74 Å². The Labute approximate surface area is 147 Å². The van der Waals surface area contributed by atoms with Crippen molar-refractivity contribution in [2.45, 2.75) is 19.5 Å². The van der Waals surface area contributed by atoms with Gasteiger partial charge in [-0.1, -0.05) is 25.1 Å². The van der Waals surface area contributed by atoms with Gasteiger partial charge in [0.05, 0.1) is 5.56 Å². The molecule has 0 spiro atoms. The summed E-state index contributed by atoms with van der Waals surface area (Å²) in [7, 11) is 0. The van der Waals surface area contributed by atoms with Gasteiger partial charge in [-0.15, -0.1) is 0 Å². The van der Waals surface area contributed by atoms with Crippen LogP contribution in [-0.2, 0) is 17.4 Å². The third kappa shape index (κ3) is 5.20. The SMILES string of the molecule is CCc1ccccc1OCC(=O)NNC(=O)c1ccc(C(F)(F)F)nc1. The van der Waals surface area contributed by atoms with Gasteiger partial charge >= 0.3 is 6.18 Å². The number of amides is 2. The molecule has 2 N–H and O–H groups in total. The predicted molar refractivity (Wildman–Crippen MR) is 86.2 cm³/mol. The molecule has 0 bridgehead atoms. The number of carbonyl (C=O) groups excluding carboxylic acids is 2. The Morgan fingerprint density at radius 2 is 1.85 bits per heavy atom. The van der Waals surface area contributed by atoms with E-state index >= 15 is 0 Å². The molecule has 0 aliphatic carbocycles. The molecule has 0 aliphatic heterocycles. The van der Waals surface area contributed by atoms with Gasteiger partial charge in [-0.05, 0) is 30.2 Å². The molecule has 2 rings (SSSR count). The average Bonchev–Trinajstić information content (AvgIpc) is 2.64. The predicted octanol–water partition coefficient (Wildman–Crippen LogP) is 2.50. The number of para-hydroxylation sites is 1. The molecule has 0 saturated heterocycles. The van der Waals surface area contributed by atoms with Gasteiger partial charge in [-0.2, -0.15) is 13.2 Å². The van der Waals surface area contributed by atoms with Gasteiger partial charge in [-0.3, -0.25) is 25.4 Å². The van der Waals surface area contributed by atoms with E-state index in [1.807, 2.05) is 19.1 Å². The van der Waals surface area contributed by atoms with Crippen molar-refractivity contribution in [1.82, 2.24) is 15.8 Å². The van der Waals surface area contributed by atoms with Crippen molar-refractivity contribution in [2.24, 2.45) is 0 Å². The van der Waals surface area contributed by atoms with E-state index in [1.165, 1.54) is 0 Å². The average molecular weight is 367 g/mol. The lowest BCUT2D eigenvalue weighted by Crippen LogP contribution is -2.43. The molecule has 0 unspecified atom stereocenters. The fourth-order valence-corrected chi connectivity index (χ4v) is 2.01. The van der Waals surface area contributed by atoms with Crippen LogP contribution < -0.4 is 15.6 Å². The summed E-state index contributed by atoms with van der Waals surface area (Å²) in [5.41, 5.74) is 3.89. The Morgan fingerprint density at radius 1 is 1.12 bits per heavy atom. The summed E-state index contributed by atoms with van der Waals surface area (Å²) >= 11 is 0. The number of aryl methyl sites for hydroxylation is 1. The van der Waals surface area contributed by atoms with Crippen LogP contribution in [0.15, 0.2) is 42.6 Å². The number of pyridine rings is 1. The summed E-state index contributed by atoms with van der Waals surface area (Å²) in [6, 6.07) is 8.86. The van der Waals surface area contributed by atoms with Crippen molar-refractivity contribution in [3.05, 3.63) is 59.4 Å². The second-order valence-electron chi connectivity index (χ2n) is 5.18. The molecule has 6 nitrogen and oxygen atoms in total. The molecule has 2 aromatic rings. The van der Waals surface area contributed by atoms with E-state index in [9.17, 15) is 22.8 Å². The number of hydrogen-bond donors (Lipinski definition) is 2. The van der Waals surface area contributed by atoms with Crippen molar-refractivity contribution in [3.63, 3.8) is 0 Å². The second-order valence-corrected chi connectivity index (χ2v) is 5.18. The molecule has 9 heteroatoms. The number of nitrogens with one attached hydrogen (secondary N) is 2. The number of alkyl halides is 3. The zero-order valence-corrected chi connectivity index (χ0v) is 13.8. The molecule has 1 aromatic carbocycles. The topological polar surface area (TPSA) is 80.3 Å².